The van der Waals surface area contributed by atoms with E-state index in [9.17, 15) is 19.1 Å². The molecule has 6 nitrogen and oxygen atoms in total. The first-order valence-electron chi connectivity index (χ1n) is 9.46. The van der Waals surface area contributed by atoms with E-state index >= 15 is 0 Å². The lowest BCUT2D eigenvalue weighted by atomic mass is 9.98. The molecule has 1 unspecified atom stereocenters. The highest BCUT2D eigenvalue weighted by Crippen LogP contribution is 2.38. The third kappa shape index (κ3) is 3.27. The number of carbonyl (C=O) groups excluding carboxylic acids is 1. The summed E-state index contributed by atoms with van der Waals surface area (Å²) in [6.07, 6.45) is 0.357. The molecule has 4 rings (SSSR count). The Labute approximate surface area is 166 Å². The summed E-state index contributed by atoms with van der Waals surface area (Å²) in [6, 6.07) is 10.1. The SMILES string of the molecule is CCOc1ccc(C2c3c(oc4ccc(F)cc4c3=O)C(=O)N2CCCO)cc1. The molecule has 1 atom stereocenters. The molecule has 0 saturated heterocycles. The van der Waals surface area contributed by atoms with Gasteiger partial charge >= 0.3 is 0 Å². The number of aliphatic hydroxyl groups excluding tert-OH is 1. The van der Waals surface area contributed by atoms with Crippen molar-refractivity contribution in [2.75, 3.05) is 19.8 Å². The Morgan fingerprint density at radius 1 is 1.17 bits per heavy atom. The van der Waals surface area contributed by atoms with Crippen LogP contribution in [0.25, 0.3) is 11.0 Å². The highest BCUT2D eigenvalue weighted by molar-refractivity contribution is 5.99. The van der Waals surface area contributed by atoms with Crippen LogP contribution >= 0.6 is 0 Å². The van der Waals surface area contributed by atoms with Crippen LogP contribution < -0.4 is 10.2 Å². The Balaban J connectivity index is 1.90. The van der Waals surface area contributed by atoms with Crippen LogP contribution in [0.5, 0.6) is 5.75 Å². The summed E-state index contributed by atoms with van der Waals surface area (Å²) < 4.78 is 24.9. The Morgan fingerprint density at radius 2 is 1.93 bits per heavy atom. The van der Waals surface area contributed by atoms with Gasteiger partial charge in [0.25, 0.3) is 5.91 Å². The third-order valence-corrected chi connectivity index (χ3v) is 4.99. The van der Waals surface area contributed by atoms with Gasteiger partial charge in [-0.3, -0.25) is 9.59 Å². The van der Waals surface area contributed by atoms with Gasteiger partial charge in [-0.2, -0.15) is 0 Å². The number of nitrogens with zero attached hydrogens (tertiary/aromatic N) is 1. The van der Waals surface area contributed by atoms with Crippen molar-refractivity contribution >= 4 is 16.9 Å². The minimum atomic E-state index is -0.677. The molecular formula is C22H20FNO5. The highest BCUT2D eigenvalue weighted by Gasteiger charge is 2.42. The number of ether oxygens (including phenoxy) is 1. The maximum Gasteiger partial charge on any atom is 0.290 e. The molecule has 2 aromatic carbocycles. The van der Waals surface area contributed by atoms with Crippen molar-refractivity contribution in [3.63, 3.8) is 0 Å². The number of hydrogen-bond donors (Lipinski definition) is 1. The summed E-state index contributed by atoms with van der Waals surface area (Å²) >= 11 is 0. The fourth-order valence-corrected chi connectivity index (χ4v) is 3.72. The number of amides is 1. The zero-order valence-electron chi connectivity index (χ0n) is 15.9. The molecule has 1 aromatic heterocycles. The Kier molecular flexibility index (Phi) is 5.07. The largest absolute Gasteiger partial charge is 0.494 e. The van der Waals surface area contributed by atoms with E-state index in [1.807, 2.05) is 6.92 Å². The van der Waals surface area contributed by atoms with E-state index in [1.165, 1.54) is 17.0 Å². The van der Waals surface area contributed by atoms with Gasteiger partial charge in [0, 0.05) is 13.2 Å². The van der Waals surface area contributed by atoms with Gasteiger partial charge in [0.2, 0.25) is 5.76 Å². The Bertz CT molecular complexity index is 1120. The molecule has 0 saturated carbocycles. The molecule has 0 fully saturated rings. The van der Waals surface area contributed by atoms with E-state index in [2.05, 4.69) is 0 Å². The smallest absolute Gasteiger partial charge is 0.290 e. The van der Waals surface area contributed by atoms with Gasteiger partial charge in [0.15, 0.2) is 5.43 Å². The number of halogens is 1. The molecular weight excluding hydrogens is 377 g/mol. The number of aliphatic hydroxyl groups is 1. The maximum atomic E-state index is 13.7. The van der Waals surface area contributed by atoms with Crippen LogP contribution in [0.4, 0.5) is 4.39 Å². The number of rotatable bonds is 6. The molecule has 1 aliphatic heterocycles. The zero-order valence-corrected chi connectivity index (χ0v) is 15.9. The van der Waals surface area contributed by atoms with Gasteiger partial charge in [0.05, 0.1) is 23.6 Å². The zero-order chi connectivity index (χ0) is 20.5. The molecule has 1 N–H and O–H groups in total. The average Bonchev–Trinajstić information content (AvgIpc) is 3.00. The highest BCUT2D eigenvalue weighted by atomic mass is 19.1. The van der Waals surface area contributed by atoms with Gasteiger partial charge < -0.3 is 19.2 Å². The number of hydrogen-bond acceptors (Lipinski definition) is 5. The first-order valence-corrected chi connectivity index (χ1v) is 9.46. The van der Waals surface area contributed by atoms with Crippen LogP contribution in [0.1, 0.15) is 41.1 Å². The molecule has 0 spiro atoms. The van der Waals surface area contributed by atoms with Crippen LogP contribution in [0.15, 0.2) is 51.7 Å². The molecule has 0 aliphatic carbocycles. The van der Waals surface area contributed by atoms with E-state index in [-0.39, 0.29) is 35.4 Å². The van der Waals surface area contributed by atoms with Crippen molar-refractivity contribution < 1.29 is 23.4 Å². The van der Waals surface area contributed by atoms with Crippen LogP contribution in [0.2, 0.25) is 0 Å². The van der Waals surface area contributed by atoms with Gasteiger partial charge in [-0.25, -0.2) is 4.39 Å². The standard InChI is InChI=1S/C22H20FNO5/c1-2-28-15-7-4-13(5-8-15)19-18-20(26)16-12-14(23)6-9-17(16)29-21(18)22(27)24(19)10-3-11-25/h4-9,12,19,25H,2-3,10-11H2,1H3. The predicted octanol–water partition coefficient (Wildman–Crippen LogP) is 3.26. The number of benzene rings is 2. The van der Waals surface area contributed by atoms with E-state index in [0.717, 1.165) is 6.07 Å². The number of carbonyl (C=O) groups is 1. The first kappa shape index (κ1) is 19.1. The number of fused-ring (bicyclic) bond motifs is 2. The molecule has 1 amide bonds. The second-order valence-electron chi connectivity index (χ2n) is 6.79. The van der Waals surface area contributed by atoms with Gasteiger partial charge in [-0.15, -0.1) is 0 Å². The molecule has 29 heavy (non-hydrogen) atoms. The molecule has 0 bridgehead atoms. The van der Waals surface area contributed by atoms with Crippen molar-refractivity contribution in [2.45, 2.75) is 19.4 Å². The summed E-state index contributed by atoms with van der Waals surface area (Å²) in [4.78, 5) is 27.8. The van der Waals surface area contributed by atoms with Crippen molar-refractivity contribution in [1.29, 1.82) is 0 Å². The topological polar surface area (TPSA) is 80.0 Å². The molecule has 3 aromatic rings. The third-order valence-electron chi connectivity index (χ3n) is 4.99. The monoisotopic (exact) mass is 397 g/mol. The van der Waals surface area contributed by atoms with Gasteiger partial charge in [-0.05, 0) is 49.2 Å². The summed E-state index contributed by atoms with van der Waals surface area (Å²) in [5.74, 6) is -0.333. The van der Waals surface area contributed by atoms with Gasteiger partial charge in [0.1, 0.15) is 17.1 Å². The van der Waals surface area contributed by atoms with Crippen LogP contribution in [-0.4, -0.2) is 35.7 Å². The second kappa shape index (κ2) is 7.67. The summed E-state index contributed by atoms with van der Waals surface area (Å²) in [6.45, 7) is 2.56. The minimum absolute atomic E-state index is 0.0362. The quantitative estimate of drug-likeness (QED) is 0.691. The summed E-state index contributed by atoms with van der Waals surface area (Å²) in [7, 11) is 0. The van der Waals surface area contributed by atoms with Gasteiger partial charge in [-0.1, -0.05) is 12.1 Å². The Morgan fingerprint density at radius 3 is 2.62 bits per heavy atom. The minimum Gasteiger partial charge on any atom is -0.494 e. The molecule has 7 heteroatoms. The van der Waals surface area contributed by atoms with Crippen LogP contribution in [0.3, 0.4) is 0 Å². The van der Waals surface area contributed by atoms with Crippen molar-refractivity contribution in [3.05, 3.63) is 75.4 Å². The van der Waals surface area contributed by atoms with Crippen LogP contribution in [0, 0.1) is 5.82 Å². The fourth-order valence-electron chi connectivity index (χ4n) is 3.72. The summed E-state index contributed by atoms with van der Waals surface area (Å²) in [5.41, 5.74) is 0.634. The lowest BCUT2D eigenvalue weighted by molar-refractivity contribution is 0.0716. The van der Waals surface area contributed by atoms with E-state index < -0.39 is 23.2 Å². The van der Waals surface area contributed by atoms with E-state index in [1.54, 1.807) is 24.3 Å². The first-order chi connectivity index (χ1) is 14.0. The Hall–Kier alpha value is -3.19. The molecule has 150 valence electrons. The average molecular weight is 397 g/mol. The summed E-state index contributed by atoms with van der Waals surface area (Å²) in [5, 5.41) is 9.33. The van der Waals surface area contributed by atoms with Crippen molar-refractivity contribution in [3.8, 4) is 5.75 Å². The molecule has 1 aliphatic rings. The van der Waals surface area contributed by atoms with Crippen molar-refractivity contribution in [1.82, 2.24) is 4.90 Å². The van der Waals surface area contributed by atoms with Crippen molar-refractivity contribution in [2.24, 2.45) is 0 Å². The molecule has 0 radical (unpaired) electrons. The lowest BCUT2D eigenvalue weighted by Crippen LogP contribution is -2.31. The predicted molar refractivity (Wildman–Crippen MR) is 105 cm³/mol. The normalized spacial score (nSPS) is 15.8. The molecule has 2 heterocycles. The van der Waals surface area contributed by atoms with E-state index in [0.29, 0.717) is 24.3 Å². The maximum absolute atomic E-state index is 13.7. The fraction of sp³-hybridized carbons (Fsp3) is 0.273. The second-order valence-corrected chi connectivity index (χ2v) is 6.79. The van der Waals surface area contributed by atoms with E-state index in [4.69, 9.17) is 9.15 Å². The lowest BCUT2D eigenvalue weighted by Gasteiger charge is -2.25. The van der Waals surface area contributed by atoms with Crippen LogP contribution in [-0.2, 0) is 0 Å².